The van der Waals surface area contributed by atoms with Gasteiger partial charge in [-0.3, -0.25) is 4.99 Å². The van der Waals surface area contributed by atoms with Gasteiger partial charge in [0, 0.05) is 59.0 Å². The molecule has 2 fully saturated rings. The van der Waals surface area contributed by atoms with Crippen LogP contribution in [-0.4, -0.2) is 64.0 Å². The number of rotatable bonds is 7. The largest absolute Gasteiger partial charge is 0.381 e. The number of guanidine groups is 1. The zero-order chi connectivity index (χ0) is 18.0. The van der Waals surface area contributed by atoms with Crippen molar-refractivity contribution < 1.29 is 9.47 Å². The highest BCUT2D eigenvalue weighted by atomic mass is 16.5. The molecule has 1 aromatic carbocycles. The smallest absolute Gasteiger partial charge is 0.193 e. The Hall–Kier alpha value is -1.59. The molecule has 0 bridgehead atoms. The fourth-order valence-corrected chi connectivity index (χ4v) is 3.82. The van der Waals surface area contributed by atoms with Gasteiger partial charge in [-0.25, -0.2) is 0 Å². The number of benzene rings is 1. The molecule has 26 heavy (non-hydrogen) atoms. The Morgan fingerprint density at radius 2 is 2.04 bits per heavy atom. The third kappa shape index (κ3) is 5.71. The number of likely N-dealkylation sites (tertiary alicyclic amines) is 1. The molecule has 0 radical (unpaired) electrons. The van der Waals surface area contributed by atoms with Crippen LogP contribution in [0.5, 0.6) is 0 Å². The Bertz CT molecular complexity index is 543. The quantitative estimate of drug-likeness (QED) is 0.462. The zero-order valence-electron chi connectivity index (χ0n) is 16.0. The van der Waals surface area contributed by atoms with Gasteiger partial charge in [-0.05, 0) is 37.2 Å². The summed E-state index contributed by atoms with van der Waals surface area (Å²) in [5.74, 6) is 2.31. The Morgan fingerprint density at radius 1 is 1.23 bits per heavy atom. The fraction of sp³-hybridized carbons (Fsp3) is 0.667. The summed E-state index contributed by atoms with van der Waals surface area (Å²) in [6.07, 6.45) is 4.49. The SMILES string of the molecule is CN=C(NCCCOCC1CCOCC1)N1CCC(c2ccccc2)C1. The van der Waals surface area contributed by atoms with Gasteiger partial charge >= 0.3 is 0 Å². The van der Waals surface area contributed by atoms with Crippen LogP contribution in [0.3, 0.4) is 0 Å². The molecule has 2 saturated heterocycles. The first-order valence-corrected chi connectivity index (χ1v) is 10.0. The highest BCUT2D eigenvalue weighted by molar-refractivity contribution is 5.80. The fourth-order valence-electron chi connectivity index (χ4n) is 3.82. The molecule has 0 aliphatic carbocycles. The predicted octanol–water partition coefficient (Wildman–Crippen LogP) is 2.88. The third-order valence-corrected chi connectivity index (χ3v) is 5.41. The number of hydrogen-bond acceptors (Lipinski definition) is 3. The molecule has 1 aromatic rings. The number of nitrogens with zero attached hydrogens (tertiary/aromatic N) is 2. The van der Waals surface area contributed by atoms with E-state index in [4.69, 9.17) is 9.47 Å². The molecule has 2 aliphatic heterocycles. The molecule has 0 aromatic heterocycles. The van der Waals surface area contributed by atoms with E-state index < -0.39 is 0 Å². The van der Waals surface area contributed by atoms with E-state index in [1.807, 2.05) is 7.05 Å². The van der Waals surface area contributed by atoms with Crippen molar-refractivity contribution in [2.45, 2.75) is 31.6 Å². The van der Waals surface area contributed by atoms with E-state index in [2.05, 4.69) is 45.5 Å². The first-order chi connectivity index (χ1) is 12.9. The van der Waals surface area contributed by atoms with E-state index in [1.54, 1.807) is 0 Å². The lowest BCUT2D eigenvalue weighted by molar-refractivity contribution is 0.0203. The van der Waals surface area contributed by atoms with Crippen molar-refractivity contribution in [3.05, 3.63) is 35.9 Å². The van der Waals surface area contributed by atoms with E-state index >= 15 is 0 Å². The summed E-state index contributed by atoms with van der Waals surface area (Å²) in [5.41, 5.74) is 1.44. The Kier molecular flexibility index (Phi) is 7.77. The summed E-state index contributed by atoms with van der Waals surface area (Å²) in [4.78, 5) is 6.84. The normalized spacial score (nSPS) is 22.0. The minimum atomic E-state index is 0.609. The summed E-state index contributed by atoms with van der Waals surface area (Å²) in [6.45, 7) is 6.50. The van der Waals surface area contributed by atoms with Crippen LogP contribution >= 0.6 is 0 Å². The molecule has 2 heterocycles. The summed E-state index contributed by atoms with van der Waals surface area (Å²) in [6, 6.07) is 10.8. The first kappa shape index (κ1) is 19.2. The van der Waals surface area contributed by atoms with Gasteiger partial charge in [0.1, 0.15) is 0 Å². The van der Waals surface area contributed by atoms with Gasteiger partial charge in [0.2, 0.25) is 0 Å². The third-order valence-electron chi connectivity index (χ3n) is 5.41. The lowest BCUT2D eigenvalue weighted by Gasteiger charge is -2.23. The van der Waals surface area contributed by atoms with Gasteiger partial charge < -0.3 is 19.7 Å². The number of hydrogen-bond donors (Lipinski definition) is 1. The van der Waals surface area contributed by atoms with Crippen LogP contribution < -0.4 is 5.32 Å². The van der Waals surface area contributed by atoms with Crippen molar-refractivity contribution >= 4 is 5.96 Å². The second kappa shape index (κ2) is 10.5. The van der Waals surface area contributed by atoms with E-state index in [1.165, 1.54) is 12.0 Å². The monoisotopic (exact) mass is 359 g/mol. The zero-order valence-corrected chi connectivity index (χ0v) is 16.0. The van der Waals surface area contributed by atoms with Gasteiger partial charge in [-0.1, -0.05) is 30.3 Å². The van der Waals surface area contributed by atoms with E-state index in [0.717, 1.165) is 71.3 Å². The van der Waals surface area contributed by atoms with Crippen LogP contribution in [-0.2, 0) is 9.47 Å². The molecule has 3 rings (SSSR count). The minimum absolute atomic E-state index is 0.609. The maximum atomic E-state index is 5.84. The Morgan fingerprint density at radius 3 is 2.81 bits per heavy atom. The highest BCUT2D eigenvalue weighted by Gasteiger charge is 2.25. The second-order valence-electron chi connectivity index (χ2n) is 7.30. The second-order valence-corrected chi connectivity index (χ2v) is 7.30. The van der Waals surface area contributed by atoms with Crippen LogP contribution in [0.15, 0.2) is 35.3 Å². The first-order valence-electron chi connectivity index (χ1n) is 10.0. The van der Waals surface area contributed by atoms with Gasteiger partial charge in [0.05, 0.1) is 0 Å². The Balaban J connectivity index is 1.31. The molecule has 5 heteroatoms. The average molecular weight is 360 g/mol. The molecular weight excluding hydrogens is 326 g/mol. The van der Waals surface area contributed by atoms with Gasteiger partial charge in [-0.15, -0.1) is 0 Å². The summed E-state index contributed by atoms with van der Waals surface area (Å²) in [7, 11) is 1.87. The molecule has 0 amide bonds. The van der Waals surface area contributed by atoms with Crippen LogP contribution in [0.2, 0.25) is 0 Å². The number of nitrogens with one attached hydrogen (secondary N) is 1. The number of aliphatic imine (C=N–C) groups is 1. The molecule has 1 atom stereocenters. The van der Waals surface area contributed by atoms with Crippen LogP contribution in [0, 0.1) is 5.92 Å². The highest BCUT2D eigenvalue weighted by Crippen LogP contribution is 2.26. The summed E-state index contributed by atoms with van der Waals surface area (Å²) in [5, 5.41) is 3.50. The van der Waals surface area contributed by atoms with E-state index in [9.17, 15) is 0 Å². The summed E-state index contributed by atoms with van der Waals surface area (Å²) < 4.78 is 11.2. The maximum absolute atomic E-state index is 5.84. The van der Waals surface area contributed by atoms with Crippen LogP contribution in [0.4, 0.5) is 0 Å². The molecule has 0 spiro atoms. The van der Waals surface area contributed by atoms with Crippen LogP contribution in [0.25, 0.3) is 0 Å². The lowest BCUT2D eigenvalue weighted by atomic mass is 9.99. The van der Waals surface area contributed by atoms with Crippen molar-refractivity contribution in [3.8, 4) is 0 Å². The molecule has 0 saturated carbocycles. The van der Waals surface area contributed by atoms with Crippen molar-refractivity contribution in [2.75, 3.05) is 53.1 Å². The van der Waals surface area contributed by atoms with Crippen LogP contribution in [0.1, 0.15) is 37.2 Å². The van der Waals surface area contributed by atoms with Crippen molar-refractivity contribution in [3.63, 3.8) is 0 Å². The van der Waals surface area contributed by atoms with Gasteiger partial charge in [0.25, 0.3) is 0 Å². The maximum Gasteiger partial charge on any atom is 0.193 e. The van der Waals surface area contributed by atoms with E-state index in [0.29, 0.717) is 11.8 Å². The minimum Gasteiger partial charge on any atom is -0.381 e. The lowest BCUT2D eigenvalue weighted by Crippen LogP contribution is -2.40. The predicted molar refractivity (Wildman–Crippen MR) is 106 cm³/mol. The molecule has 5 nitrogen and oxygen atoms in total. The van der Waals surface area contributed by atoms with Gasteiger partial charge in [0.15, 0.2) is 5.96 Å². The summed E-state index contributed by atoms with van der Waals surface area (Å²) >= 11 is 0. The molecule has 1 N–H and O–H groups in total. The average Bonchev–Trinajstić information content (AvgIpc) is 3.19. The van der Waals surface area contributed by atoms with Crippen molar-refractivity contribution in [2.24, 2.45) is 10.9 Å². The molecule has 2 aliphatic rings. The topological polar surface area (TPSA) is 46.1 Å². The Labute approximate surface area is 157 Å². The molecule has 1 unspecified atom stereocenters. The number of ether oxygens (including phenoxy) is 2. The van der Waals surface area contributed by atoms with Crippen molar-refractivity contribution in [1.82, 2.24) is 10.2 Å². The van der Waals surface area contributed by atoms with Gasteiger partial charge in [-0.2, -0.15) is 0 Å². The van der Waals surface area contributed by atoms with Crippen molar-refractivity contribution in [1.29, 1.82) is 0 Å². The standard InChI is InChI=1S/C21H33N3O2/c1-22-21(23-11-5-13-26-17-18-9-14-25-15-10-18)24-12-8-20(16-24)19-6-3-2-4-7-19/h2-4,6-7,18,20H,5,8-17H2,1H3,(H,22,23). The molecule has 144 valence electrons. The van der Waals surface area contributed by atoms with E-state index in [-0.39, 0.29) is 0 Å². The molecular formula is C21H33N3O2.